The van der Waals surface area contributed by atoms with Crippen LogP contribution in [0.4, 0.5) is 10.1 Å². The molecule has 0 aliphatic carbocycles. The summed E-state index contributed by atoms with van der Waals surface area (Å²) in [6, 6.07) is 9.92. The first-order valence-electron chi connectivity index (χ1n) is 9.41. The van der Waals surface area contributed by atoms with E-state index in [-0.39, 0.29) is 28.0 Å². The lowest BCUT2D eigenvalue weighted by atomic mass is 10.1. The van der Waals surface area contributed by atoms with Crippen molar-refractivity contribution in [3.05, 3.63) is 74.8 Å². The molecule has 0 spiro atoms. The van der Waals surface area contributed by atoms with Gasteiger partial charge in [-0.1, -0.05) is 11.6 Å². The number of nitro groups is 1. The molecule has 0 atom stereocenters. The average Bonchev–Trinajstić information content (AvgIpc) is 3.22. The molecule has 3 aromatic rings. The van der Waals surface area contributed by atoms with Gasteiger partial charge in [-0.05, 0) is 46.8 Å². The van der Waals surface area contributed by atoms with Crippen LogP contribution in [0, 0.1) is 15.9 Å². The molecule has 2 aromatic carbocycles. The number of nitro benzene ring substituents is 1. The number of nitrogens with zero attached hydrogens (tertiary/aromatic N) is 7. The highest BCUT2D eigenvalue weighted by atomic mass is 35.5. The quantitative estimate of drug-likeness (QED) is 0.437. The number of rotatable bonds is 5. The maximum atomic E-state index is 13.2. The summed E-state index contributed by atoms with van der Waals surface area (Å²) in [7, 11) is 0. The van der Waals surface area contributed by atoms with Gasteiger partial charge in [0.05, 0.1) is 17.2 Å². The Morgan fingerprint density at radius 2 is 1.84 bits per heavy atom. The average molecular weight is 446 g/mol. The van der Waals surface area contributed by atoms with Crippen LogP contribution in [0.2, 0.25) is 5.02 Å². The number of aromatic nitrogens is 4. The molecule has 160 valence electrons. The summed E-state index contributed by atoms with van der Waals surface area (Å²) >= 11 is 5.82. The molecule has 12 heteroatoms. The molecule has 1 aromatic heterocycles. The molecule has 1 aliphatic heterocycles. The fraction of sp³-hybridized carbons (Fsp3) is 0.263. The Bertz CT molecular complexity index is 1110. The van der Waals surface area contributed by atoms with Gasteiger partial charge in [0.15, 0.2) is 5.82 Å². The van der Waals surface area contributed by atoms with Crippen LogP contribution in [-0.2, 0) is 6.54 Å². The van der Waals surface area contributed by atoms with Gasteiger partial charge in [0, 0.05) is 37.8 Å². The Labute approximate surface area is 181 Å². The zero-order chi connectivity index (χ0) is 22.0. The van der Waals surface area contributed by atoms with E-state index in [1.165, 1.54) is 30.3 Å². The van der Waals surface area contributed by atoms with Crippen molar-refractivity contribution < 1.29 is 14.1 Å². The number of piperazine rings is 1. The fourth-order valence-corrected chi connectivity index (χ4v) is 3.55. The Morgan fingerprint density at radius 3 is 2.52 bits per heavy atom. The summed E-state index contributed by atoms with van der Waals surface area (Å²) in [4.78, 5) is 27.0. The maximum Gasteiger partial charge on any atom is 0.288 e. The highest BCUT2D eigenvalue weighted by Gasteiger charge is 2.25. The highest BCUT2D eigenvalue weighted by Crippen LogP contribution is 2.26. The van der Waals surface area contributed by atoms with Gasteiger partial charge in [-0.15, -0.1) is 5.10 Å². The first kappa shape index (κ1) is 20.8. The van der Waals surface area contributed by atoms with Crippen molar-refractivity contribution >= 4 is 23.2 Å². The van der Waals surface area contributed by atoms with Gasteiger partial charge in [-0.2, -0.15) is 4.68 Å². The smallest absolute Gasteiger partial charge is 0.288 e. The van der Waals surface area contributed by atoms with Crippen LogP contribution in [0.1, 0.15) is 16.2 Å². The lowest BCUT2D eigenvalue weighted by Crippen LogP contribution is -2.48. The number of hydrogen-bond acceptors (Lipinski definition) is 7. The van der Waals surface area contributed by atoms with Crippen LogP contribution in [0.15, 0.2) is 42.5 Å². The summed E-state index contributed by atoms with van der Waals surface area (Å²) < 4.78 is 14.7. The maximum absolute atomic E-state index is 13.2. The number of halogens is 2. The molecule has 0 radical (unpaired) electrons. The SMILES string of the molecule is O=C(c1ccc(Cl)c([N+](=O)[O-])c1)N1CCN(Cc2nnnn2-c2ccc(F)cc2)CC1. The third-order valence-electron chi connectivity index (χ3n) is 5.02. The van der Waals surface area contributed by atoms with Crippen molar-refractivity contribution in [1.82, 2.24) is 30.0 Å². The normalized spacial score (nSPS) is 14.6. The minimum Gasteiger partial charge on any atom is -0.336 e. The molecule has 0 unspecified atom stereocenters. The third kappa shape index (κ3) is 4.52. The number of benzene rings is 2. The molecular formula is C19H17ClFN7O3. The zero-order valence-corrected chi connectivity index (χ0v) is 16.9. The van der Waals surface area contributed by atoms with E-state index in [0.717, 1.165) is 0 Å². The van der Waals surface area contributed by atoms with Crippen molar-refractivity contribution in [3.63, 3.8) is 0 Å². The highest BCUT2D eigenvalue weighted by molar-refractivity contribution is 6.32. The standard InChI is InChI=1S/C19H17ClFN7O3/c20-16-6-1-13(11-17(16)28(30)31)19(29)26-9-7-25(8-10-26)12-18-22-23-24-27(18)15-4-2-14(21)3-5-15/h1-6,11H,7-10,12H2. The second-order valence-electron chi connectivity index (χ2n) is 6.97. The van der Waals surface area contributed by atoms with E-state index in [2.05, 4.69) is 20.4 Å². The molecule has 0 N–H and O–H groups in total. The van der Waals surface area contributed by atoms with Gasteiger partial charge in [-0.25, -0.2) is 4.39 Å². The molecule has 0 saturated carbocycles. The molecule has 1 saturated heterocycles. The Kier molecular flexibility index (Phi) is 5.87. The van der Waals surface area contributed by atoms with E-state index in [1.807, 2.05) is 0 Å². The predicted molar refractivity (Wildman–Crippen MR) is 108 cm³/mol. The van der Waals surface area contributed by atoms with Gasteiger partial charge in [0.1, 0.15) is 10.8 Å². The minimum atomic E-state index is -0.609. The van der Waals surface area contributed by atoms with Gasteiger partial charge in [0.2, 0.25) is 0 Å². The first-order valence-corrected chi connectivity index (χ1v) is 9.79. The molecule has 1 fully saturated rings. The molecule has 0 bridgehead atoms. The van der Waals surface area contributed by atoms with Crippen molar-refractivity contribution in [2.24, 2.45) is 0 Å². The van der Waals surface area contributed by atoms with Gasteiger partial charge in [0.25, 0.3) is 11.6 Å². The molecule has 31 heavy (non-hydrogen) atoms. The lowest BCUT2D eigenvalue weighted by molar-refractivity contribution is -0.384. The summed E-state index contributed by atoms with van der Waals surface area (Å²) in [5.74, 6) is -0.0274. The van der Waals surface area contributed by atoms with Crippen molar-refractivity contribution in [1.29, 1.82) is 0 Å². The van der Waals surface area contributed by atoms with E-state index < -0.39 is 4.92 Å². The topological polar surface area (TPSA) is 110 Å². The minimum absolute atomic E-state index is 0.00903. The van der Waals surface area contributed by atoms with Crippen LogP contribution in [-0.4, -0.2) is 67.0 Å². The van der Waals surface area contributed by atoms with Crippen LogP contribution in [0.25, 0.3) is 5.69 Å². The van der Waals surface area contributed by atoms with Crippen molar-refractivity contribution in [3.8, 4) is 5.69 Å². The summed E-state index contributed by atoms with van der Waals surface area (Å²) in [6.07, 6.45) is 0. The second-order valence-corrected chi connectivity index (χ2v) is 7.38. The Hall–Kier alpha value is -3.44. The van der Waals surface area contributed by atoms with E-state index in [4.69, 9.17) is 11.6 Å². The van der Waals surface area contributed by atoms with Crippen LogP contribution in [0.5, 0.6) is 0 Å². The summed E-state index contributed by atoms with van der Waals surface area (Å²) in [6.45, 7) is 2.52. The lowest BCUT2D eigenvalue weighted by Gasteiger charge is -2.34. The largest absolute Gasteiger partial charge is 0.336 e. The first-order chi connectivity index (χ1) is 14.9. The third-order valence-corrected chi connectivity index (χ3v) is 5.34. The van der Waals surface area contributed by atoms with E-state index in [1.54, 1.807) is 21.7 Å². The van der Waals surface area contributed by atoms with E-state index in [9.17, 15) is 19.3 Å². The van der Waals surface area contributed by atoms with Crippen LogP contribution >= 0.6 is 11.6 Å². The summed E-state index contributed by atoms with van der Waals surface area (Å²) in [5.41, 5.74) is 0.586. The molecule has 1 amide bonds. The fourth-order valence-electron chi connectivity index (χ4n) is 3.36. The van der Waals surface area contributed by atoms with Gasteiger partial charge in [-0.3, -0.25) is 19.8 Å². The van der Waals surface area contributed by atoms with E-state index in [0.29, 0.717) is 44.2 Å². The van der Waals surface area contributed by atoms with Crippen molar-refractivity contribution in [2.45, 2.75) is 6.54 Å². The molecule has 1 aliphatic rings. The Morgan fingerprint density at radius 1 is 1.13 bits per heavy atom. The predicted octanol–water partition coefficient (Wildman–Crippen LogP) is 2.32. The number of tetrazole rings is 1. The molecule has 10 nitrogen and oxygen atoms in total. The molecule has 2 heterocycles. The summed E-state index contributed by atoms with van der Waals surface area (Å²) in [5, 5.41) is 22.8. The number of hydrogen-bond donors (Lipinski definition) is 0. The monoisotopic (exact) mass is 445 g/mol. The van der Waals surface area contributed by atoms with Crippen LogP contribution < -0.4 is 0 Å². The van der Waals surface area contributed by atoms with Gasteiger partial charge >= 0.3 is 0 Å². The van der Waals surface area contributed by atoms with Gasteiger partial charge < -0.3 is 4.90 Å². The zero-order valence-electron chi connectivity index (χ0n) is 16.2. The van der Waals surface area contributed by atoms with E-state index >= 15 is 0 Å². The van der Waals surface area contributed by atoms with Crippen molar-refractivity contribution in [2.75, 3.05) is 26.2 Å². The van der Waals surface area contributed by atoms with Crippen LogP contribution in [0.3, 0.4) is 0 Å². The number of carbonyl (C=O) groups excluding carboxylic acids is 1. The molecular weight excluding hydrogens is 429 g/mol. The Balaban J connectivity index is 1.39. The number of carbonyl (C=O) groups is 1. The molecule has 4 rings (SSSR count). The number of amides is 1. The second kappa shape index (κ2) is 8.74.